The van der Waals surface area contributed by atoms with Crippen LogP contribution in [0.1, 0.15) is 28.3 Å². The summed E-state index contributed by atoms with van der Waals surface area (Å²) in [5.74, 6) is 0.867. The Balaban J connectivity index is 2.15. The van der Waals surface area contributed by atoms with Gasteiger partial charge < -0.3 is 10.5 Å². The lowest BCUT2D eigenvalue weighted by molar-refractivity contribution is 0.414. The first kappa shape index (κ1) is 14.6. The molecule has 0 amide bonds. The van der Waals surface area contributed by atoms with Crippen LogP contribution in [0, 0.1) is 0 Å². The number of ether oxygens (including phenoxy) is 1. The smallest absolute Gasteiger partial charge is 0.119 e. The van der Waals surface area contributed by atoms with Gasteiger partial charge in [0.1, 0.15) is 5.75 Å². The molecule has 19 heavy (non-hydrogen) atoms. The van der Waals surface area contributed by atoms with Crippen molar-refractivity contribution in [1.29, 1.82) is 0 Å². The first-order valence-electron chi connectivity index (χ1n) is 6.30. The molecule has 0 spiro atoms. The lowest BCUT2D eigenvalue weighted by atomic mass is 10.1. The normalized spacial score (nSPS) is 12.4. The molecular formula is C15H18BrNOS. The van der Waals surface area contributed by atoms with E-state index in [9.17, 15) is 0 Å². The zero-order valence-electron chi connectivity index (χ0n) is 11.2. The summed E-state index contributed by atoms with van der Waals surface area (Å²) < 4.78 is 6.34. The van der Waals surface area contributed by atoms with E-state index in [1.165, 1.54) is 15.3 Å². The number of hydrogen-bond acceptors (Lipinski definition) is 3. The second kappa shape index (κ2) is 6.55. The van der Waals surface area contributed by atoms with Crippen molar-refractivity contribution in [1.82, 2.24) is 0 Å². The largest absolute Gasteiger partial charge is 0.497 e. The van der Waals surface area contributed by atoms with E-state index in [-0.39, 0.29) is 6.04 Å². The molecule has 0 aliphatic carbocycles. The van der Waals surface area contributed by atoms with Gasteiger partial charge in [-0.25, -0.2) is 0 Å². The number of benzene rings is 1. The SMILES string of the molecule is CCc1ccc(C(N)Cc2cc(OC)ccc2Br)s1. The second-order valence-corrected chi connectivity index (χ2v) is 6.48. The molecule has 0 saturated carbocycles. The fourth-order valence-corrected chi connectivity index (χ4v) is 3.32. The summed E-state index contributed by atoms with van der Waals surface area (Å²) in [6.07, 6.45) is 1.88. The molecule has 0 fully saturated rings. The summed E-state index contributed by atoms with van der Waals surface area (Å²) in [5, 5.41) is 0. The predicted octanol–water partition coefficient (Wildman–Crippen LogP) is 4.32. The molecule has 2 rings (SSSR count). The molecule has 1 unspecified atom stereocenters. The van der Waals surface area contributed by atoms with Crippen molar-refractivity contribution in [3.05, 3.63) is 50.1 Å². The molecule has 1 aromatic carbocycles. The van der Waals surface area contributed by atoms with Crippen LogP contribution < -0.4 is 10.5 Å². The first-order valence-corrected chi connectivity index (χ1v) is 7.91. The molecule has 1 aromatic heterocycles. The molecule has 2 nitrogen and oxygen atoms in total. The highest BCUT2D eigenvalue weighted by Gasteiger charge is 2.12. The monoisotopic (exact) mass is 339 g/mol. The maximum absolute atomic E-state index is 6.30. The Morgan fingerprint density at radius 1 is 1.32 bits per heavy atom. The molecule has 0 aliphatic heterocycles. The van der Waals surface area contributed by atoms with E-state index in [0.717, 1.165) is 23.1 Å². The van der Waals surface area contributed by atoms with Gasteiger partial charge in [0.05, 0.1) is 7.11 Å². The number of halogens is 1. The Labute approximate surface area is 126 Å². The van der Waals surface area contributed by atoms with Gasteiger partial charge in [0, 0.05) is 20.3 Å². The van der Waals surface area contributed by atoms with Crippen molar-refractivity contribution in [2.75, 3.05) is 7.11 Å². The van der Waals surface area contributed by atoms with Gasteiger partial charge in [0.25, 0.3) is 0 Å². The van der Waals surface area contributed by atoms with E-state index < -0.39 is 0 Å². The third kappa shape index (κ3) is 3.59. The van der Waals surface area contributed by atoms with E-state index >= 15 is 0 Å². The lowest BCUT2D eigenvalue weighted by Crippen LogP contribution is -2.12. The van der Waals surface area contributed by atoms with Crippen LogP contribution in [-0.2, 0) is 12.8 Å². The highest BCUT2D eigenvalue weighted by atomic mass is 79.9. The molecule has 1 heterocycles. The quantitative estimate of drug-likeness (QED) is 0.880. The average molecular weight is 340 g/mol. The summed E-state index contributed by atoms with van der Waals surface area (Å²) >= 11 is 5.38. The zero-order valence-corrected chi connectivity index (χ0v) is 13.6. The molecule has 102 valence electrons. The summed E-state index contributed by atoms with van der Waals surface area (Å²) in [6.45, 7) is 2.17. The minimum Gasteiger partial charge on any atom is -0.497 e. The number of nitrogens with two attached hydrogens (primary N) is 1. The molecule has 0 aliphatic rings. The Kier molecular flexibility index (Phi) is 5.02. The van der Waals surface area contributed by atoms with Crippen molar-refractivity contribution in [2.24, 2.45) is 5.73 Å². The second-order valence-electron chi connectivity index (χ2n) is 4.43. The Morgan fingerprint density at radius 2 is 2.11 bits per heavy atom. The predicted molar refractivity (Wildman–Crippen MR) is 85.0 cm³/mol. The van der Waals surface area contributed by atoms with Crippen LogP contribution >= 0.6 is 27.3 Å². The van der Waals surface area contributed by atoms with E-state index in [0.29, 0.717) is 0 Å². The van der Waals surface area contributed by atoms with E-state index in [1.54, 1.807) is 18.4 Å². The summed E-state index contributed by atoms with van der Waals surface area (Å²) in [6, 6.07) is 10.3. The van der Waals surface area contributed by atoms with Crippen LogP contribution in [0.5, 0.6) is 5.75 Å². The van der Waals surface area contributed by atoms with Gasteiger partial charge in [0.15, 0.2) is 0 Å². The highest BCUT2D eigenvalue weighted by Crippen LogP contribution is 2.29. The van der Waals surface area contributed by atoms with Gasteiger partial charge >= 0.3 is 0 Å². The minimum absolute atomic E-state index is 0.0358. The van der Waals surface area contributed by atoms with Crippen LogP contribution in [0.2, 0.25) is 0 Å². The molecule has 0 saturated heterocycles. The summed E-state index contributed by atoms with van der Waals surface area (Å²) in [7, 11) is 1.68. The van der Waals surface area contributed by atoms with Gasteiger partial charge in [-0.15, -0.1) is 11.3 Å². The standard InChI is InChI=1S/C15H18BrNOS/c1-3-12-5-7-15(19-12)14(17)9-10-8-11(18-2)4-6-13(10)16/h4-8,14H,3,9,17H2,1-2H3. The Morgan fingerprint density at radius 3 is 2.74 bits per heavy atom. The van der Waals surface area contributed by atoms with Crippen LogP contribution in [-0.4, -0.2) is 7.11 Å². The number of methoxy groups -OCH3 is 1. The van der Waals surface area contributed by atoms with E-state index in [2.05, 4.69) is 35.0 Å². The highest BCUT2D eigenvalue weighted by molar-refractivity contribution is 9.10. The lowest BCUT2D eigenvalue weighted by Gasteiger charge is -2.12. The maximum Gasteiger partial charge on any atom is 0.119 e. The fraction of sp³-hybridized carbons (Fsp3) is 0.333. The maximum atomic E-state index is 6.30. The van der Waals surface area contributed by atoms with Crippen molar-refractivity contribution in [3.8, 4) is 5.75 Å². The molecule has 0 radical (unpaired) electrons. The van der Waals surface area contributed by atoms with Crippen LogP contribution in [0.3, 0.4) is 0 Å². The zero-order chi connectivity index (χ0) is 13.8. The topological polar surface area (TPSA) is 35.2 Å². The fourth-order valence-electron chi connectivity index (χ4n) is 1.96. The third-order valence-electron chi connectivity index (χ3n) is 3.09. The van der Waals surface area contributed by atoms with Crippen molar-refractivity contribution in [3.63, 3.8) is 0 Å². The third-order valence-corrected chi connectivity index (χ3v) is 5.22. The van der Waals surface area contributed by atoms with Gasteiger partial charge in [-0.3, -0.25) is 0 Å². The molecule has 1 atom stereocenters. The van der Waals surface area contributed by atoms with Crippen molar-refractivity contribution in [2.45, 2.75) is 25.8 Å². The number of aryl methyl sites for hydroxylation is 1. The summed E-state index contributed by atoms with van der Waals surface area (Å²) in [5.41, 5.74) is 7.48. The van der Waals surface area contributed by atoms with Crippen molar-refractivity contribution >= 4 is 27.3 Å². The molecule has 0 bridgehead atoms. The average Bonchev–Trinajstić information content (AvgIpc) is 2.90. The Hall–Kier alpha value is -0.840. The molecule has 2 N–H and O–H groups in total. The van der Waals surface area contributed by atoms with Gasteiger partial charge in [0.2, 0.25) is 0 Å². The minimum atomic E-state index is 0.0358. The van der Waals surface area contributed by atoms with E-state index in [4.69, 9.17) is 10.5 Å². The number of thiophene rings is 1. The number of rotatable bonds is 5. The summed E-state index contributed by atoms with van der Waals surface area (Å²) in [4.78, 5) is 2.63. The molecule has 4 heteroatoms. The number of hydrogen-bond donors (Lipinski definition) is 1. The van der Waals surface area contributed by atoms with Crippen LogP contribution in [0.15, 0.2) is 34.8 Å². The van der Waals surface area contributed by atoms with Gasteiger partial charge in [-0.2, -0.15) is 0 Å². The molecule has 2 aromatic rings. The molecular weight excluding hydrogens is 322 g/mol. The van der Waals surface area contributed by atoms with Crippen LogP contribution in [0.4, 0.5) is 0 Å². The Bertz CT molecular complexity index is 553. The van der Waals surface area contributed by atoms with Gasteiger partial charge in [-0.1, -0.05) is 22.9 Å². The van der Waals surface area contributed by atoms with E-state index in [1.807, 2.05) is 18.2 Å². The van der Waals surface area contributed by atoms with Crippen LogP contribution in [0.25, 0.3) is 0 Å². The first-order chi connectivity index (χ1) is 9.13. The van der Waals surface area contributed by atoms with Crippen molar-refractivity contribution < 1.29 is 4.74 Å². The van der Waals surface area contributed by atoms with Gasteiger partial charge in [-0.05, 0) is 48.7 Å².